The highest BCUT2D eigenvalue weighted by Gasteiger charge is 2.22. The number of H-pyrrole nitrogens is 1. The van der Waals surface area contributed by atoms with Crippen LogP contribution in [0.2, 0.25) is 0 Å². The first-order valence-electron chi connectivity index (χ1n) is 8.02. The summed E-state index contributed by atoms with van der Waals surface area (Å²) >= 11 is 3.38. The minimum Gasteiger partial charge on any atom is -0.493 e. The second kappa shape index (κ2) is 6.81. The third-order valence-electron chi connectivity index (χ3n) is 4.08. The topological polar surface area (TPSA) is 104 Å². The highest BCUT2D eigenvalue weighted by Crippen LogP contribution is 2.37. The second-order valence-electron chi connectivity index (χ2n) is 5.85. The summed E-state index contributed by atoms with van der Waals surface area (Å²) in [4.78, 5) is 15.5. The molecule has 2 aromatic heterocycles. The number of benzene rings is 2. The maximum atomic E-state index is 12.7. The number of halogens is 1. The number of hydrogen-bond donors (Lipinski definition) is 2. The van der Waals surface area contributed by atoms with E-state index >= 15 is 0 Å². The highest BCUT2D eigenvalue weighted by molar-refractivity contribution is 9.10. The Morgan fingerprint density at radius 1 is 1.22 bits per heavy atom. The van der Waals surface area contributed by atoms with E-state index in [1.54, 1.807) is 19.1 Å². The predicted octanol–water partition coefficient (Wildman–Crippen LogP) is 5.52. The average molecular weight is 425 g/mol. The normalized spacial score (nSPS) is 11.5. The van der Waals surface area contributed by atoms with E-state index in [4.69, 9.17) is 4.52 Å². The summed E-state index contributed by atoms with van der Waals surface area (Å²) in [5.41, 5.74) is 2.26. The van der Waals surface area contributed by atoms with E-state index < -0.39 is 5.91 Å². The largest absolute Gasteiger partial charge is 0.493 e. The smallest absolute Gasteiger partial charge is 0.301 e. The molecule has 0 saturated heterocycles. The van der Waals surface area contributed by atoms with Crippen LogP contribution in [-0.4, -0.2) is 21.2 Å². The van der Waals surface area contributed by atoms with Gasteiger partial charge in [-0.2, -0.15) is 0 Å². The van der Waals surface area contributed by atoms with E-state index in [2.05, 4.69) is 36.3 Å². The first-order chi connectivity index (χ1) is 13.0. The molecular weight excluding hydrogens is 412 g/mol. The van der Waals surface area contributed by atoms with Gasteiger partial charge in [-0.05, 0) is 25.1 Å². The number of nitrogens with one attached hydrogen (secondary N) is 1. The van der Waals surface area contributed by atoms with Crippen LogP contribution in [-0.2, 0) is 0 Å². The molecule has 2 N–H and O–H groups in total. The maximum Gasteiger partial charge on any atom is 0.301 e. The zero-order valence-corrected chi connectivity index (χ0v) is 15.7. The fourth-order valence-electron chi connectivity index (χ4n) is 2.80. The van der Waals surface area contributed by atoms with Crippen LogP contribution in [0, 0.1) is 6.92 Å². The second-order valence-corrected chi connectivity index (χ2v) is 6.76. The van der Waals surface area contributed by atoms with Crippen molar-refractivity contribution in [2.75, 3.05) is 0 Å². The monoisotopic (exact) mass is 424 g/mol. The Balaban J connectivity index is 1.73. The van der Waals surface area contributed by atoms with Crippen molar-refractivity contribution in [3.05, 3.63) is 64.3 Å². The number of azo groups is 1. The first kappa shape index (κ1) is 17.2. The van der Waals surface area contributed by atoms with Crippen LogP contribution in [0.5, 0.6) is 5.88 Å². The third kappa shape index (κ3) is 3.15. The Morgan fingerprint density at radius 3 is 2.78 bits per heavy atom. The number of aryl methyl sites for hydroxylation is 1. The number of aromatic amines is 1. The fraction of sp³-hybridized carbons (Fsp3) is 0.0526. The molecule has 1 amide bonds. The Labute approximate surface area is 161 Å². The van der Waals surface area contributed by atoms with E-state index in [0.29, 0.717) is 22.4 Å². The van der Waals surface area contributed by atoms with Gasteiger partial charge in [-0.3, -0.25) is 4.79 Å². The van der Waals surface area contributed by atoms with Crippen LogP contribution in [0.15, 0.2) is 67.8 Å². The molecule has 0 spiro atoms. The molecule has 4 aromatic rings. The van der Waals surface area contributed by atoms with Gasteiger partial charge in [0.05, 0.1) is 5.52 Å². The molecule has 0 bridgehead atoms. The van der Waals surface area contributed by atoms with Crippen molar-refractivity contribution in [2.45, 2.75) is 6.92 Å². The van der Waals surface area contributed by atoms with Crippen molar-refractivity contribution in [3.63, 3.8) is 0 Å². The van der Waals surface area contributed by atoms with Crippen molar-refractivity contribution < 1.29 is 14.4 Å². The SMILES string of the molecule is Cc1onc(-c2ccccc2)c1C(=O)N=Nc1c(O)[nH]c2ccc(Br)cc12. The Kier molecular flexibility index (Phi) is 4.33. The molecule has 7 nitrogen and oxygen atoms in total. The molecule has 0 aliphatic rings. The molecule has 8 heteroatoms. The lowest BCUT2D eigenvalue weighted by molar-refractivity contribution is 0.0994. The molecule has 27 heavy (non-hydrogen) atoms. The lowest BCUT2D eigenvalue weighted by atomic mass is 10.1. The van der Waals surface area contributed by atoms with Gasteiger partial charge in [0.1, 0.15) is 17.0 Å². The van der Waals surface area contributed by atoms with Crippen molar-refractivity contribution in [2.24, 2.45) is 10.2 Å². The third-order valence-corrected chi connectivity index (χ3v) is 4.57. The van der Waals surface area contributed by atoms with Gasteiger partial charge in [0.2, 0.25) is 5.88 Å². The quantitative estimate of drug-likeness (QED) is 0.422. The number of carbonyl (C=O) groups is 1. The number of aromatic hydroxyl groups is 1. The van der Waals surface area contributed by atoms with Gasteiger partial charge >= 0.3 is 5.91 Å². The minimum atomic E-state index is -0.601. The molecule has 0 atom stereocenters. The van der Waals surface area contributed by atoms with Gasteiger partial charge in [-0.1, -0.05) is 51.4 Å². The zero-order valence-electron chi connectivity index (χ0n) is 14.1. The number of hydrogen-bond acceptors (Lipinski definition) is 5. The molecule has 134 valence electrons. The van der Waals surface area contributed by atoms with Crippen molar-refractivity contribution in [1.29, 1.82) is 0 Å². The maximum absolute atomic E-state index is 12.7. The van der Waals surface area contributed by atoms with E-state index in [1.807, 2.05) is 36.4 Å². The number of rotatable bonds is 3. The fourth-order valence-corrected chi connectivity index (χ4v) is 3.16. The van der Waals surface area contributed by atoms with Crippen LogP contribution >= 0.6 is 15.9 Å². The van der Waals surface area contributed by atoms with Gasteiger partial charge in [0.25, 0.3) is 0 Å². The molecule has 2 aromatic carbocycles. The average Bonchev–Trinajstić information content (AvgIpc) is 3.20. The number of fused-ring (bicyclic) bond motifs is 1. The summed E-state index contributed by atoms with van der Waals surface area (Å²) in [5, 5.41) is 22.5. The summed E-state index contributed by atoms with van der Waals surface area (Å²) in [5.74, 6) is -0.412. The molecule has 2 heterocycles. The Bertz CT molecular complexity index is 1180. The lowest BCUT2D eigenvalue weighted by Crippen LogP contribution is -1.97. The van der Waals surface area contributed by atoms with Crippen molar-refractivity contribution in [3.8, 4) is 17.1 Å². The summed E-state index contributed by atoms with van der Waals surface area (Å²) in [6, 6.07) is 14.6. The lowest BCUT2D eigenvalue weighted by Gasteiger charge is -1.98. The van der Waals surface area contributed by atoms with Gasteiger partial charge in [-0.15, -0.1) is 10.2 Å². The number of nitrogens with zero attached hydrogens (tertiary/aromatic N) is 3. The summed E-state index contributed by atoms with van der Waals surface area (Å²) in [6.45, 7) is 1.64. The van der Waals surface area contributed by atoms with Gasteiger partial charge in [0, 0.05) is 15.4 Å². The van der Waals surface area contributed by atoms with Gasteiger partial charge < -0.3 is 14.6 Å². The predicted molar refractivity (Wildman–Crippen MR) is 103 cm³/mol. The Morgan fingerprint density at radius 2 is 2.00 bits per heavy atom. The van der Waals surface area contributed by atoms with Gasteiger partial charge in [-0.25, -0.2) is 0 Å². The van der Waals surface area contributed by atoms with E-state index in [0.717, 1.165) is 10.0 Å². The molecule has 0 radical (unpaired) electrons. The van der Waals surface area contributed by atoms with E-state index in [-0.39, 0.29) is 17.1 Å². The first-order valence-corrected chi connectivity index (χ1v) is 8.82. The standard InChI is InChI=1S/C19H13BrN4O3/c1-10-15(16(24-27-10)11-5-3-2-4-6-11)18(25)23-22-17-13-9-12(20)7-8-14(13)21-19(17)26/h2-9,21,26H,1H3. The van der Waals surface area contributed by atoms with Crippen molar-refractivity contribution >= 4 is 38.4 Å². The molecule has 0 aliphatic heterocycles. The van der Waals surface area contributed by atoms with Gasteiger partial charge in [0.15, 0.2) is 5.69 Å². The summed E-state index contributed by atoms with van der Waals surface area (Å²) in [6.07, 6.45) is 0. The minimum absolute atomic E-state index is 0.162. The number of carbonyl (C=O) groups excluding carboxylic acids is 1. The highest BCUT2D eigenvalue weighted by atomic mass is 79.9. The van der Waals surface area contributed by atoms with E-state index in [9.17, 15) is 9.90 Å². The van der Waals surface area contributed by atoms with Crippen molar-refractivity contribution in [1.82, 2.24) is 10.1 Å². The molecule has 0 aliphatic carbocycles. The number of amides is 1. The molecule has 0 saturated carbocycles. The summed E-state index contributed by atoms with van der Waals surface area (Å²) < 4.78 is 6.00. The van der Waals surface area contributed by atoms with Crippen LogP contribution in [0.4, 0.5) is 5.69 Å². The number of aromatic nitrogens is 2. The Hall–Kier alpha value is -3.26. The van der Waals surface area contributed by atoms with Crippen LogP contribution in [0.25, 0.3) is 22.2 Å². The molecule has 0 unspecified atom stereocenters. The molecular formula is C19H13BrN4O3. The van der Waals surface area contributed by atoms with Crippen LogP contribution < -0.4 is 0 Å². The van der Waals surface area contributed by atoms with E-state index in [1.165, 1.54) is 0 Å². The van der Waals surface area contributed by atoms with Crippen LogP contribution in [0.1, 0.15) is 16.1 Å². The molecule has 0 fully saturated rings. The zero-order chi connectivity index (χ0) is 19.0. The summed E-state index contributed by atoms with van der Waals surface area (Å²) in [7, 11) is 0. The van der Waals surface area contributed by atoms with Crippen LogP contribution in [0.3, 0.4) is 0 Å². The molecule has 4 rings (SSSR count).